The van der Waals surface area contributed by atoms with Crippen molar-refractivity contribution in [2.45, 2.75) is 47.0 Å². The van der Waals surface area contributed by atoms with Crippen LogP contribution >= 0.6 is 7.55 Å². The number of benzene rings is 1. The van der Waals surface area contributed by atoms with Crippen LogP contribution in [-0.2, 0) is 6.42 Å². The van der Waals surface area contributed by atoms with Crippen molar-refractivity contribution >= 4 is 19.6 Å². The zero-order valence-electron chi connectivity index (χ0n) is 18.4. The summed E-state index contributed by atoms with van der Waals surface area (Å²) in [5, 5.41) is 0. The number of ether oxygens (including phenoxy) is 1. The molecule has 2 nitrogen and oxygen atoms in total. The standard InChI is InChI=1S/C25H35NOP/c1-17(2)19(4)25-18(3)15-22(16-21-9-11-23(27-6)12-10-21)20(5)26-24(25)13-14-28(7)8/h9-12,17H,3,7,13-16H2,1-2,4-6,8H3/q+1/b25-19-. The molecule has 1 atom stereocenters. The number of hydrogen-bond acceptors (Lipinski definition) is 2. The van der Waals surface area contributed by atoms with Crippen LogP contribution in [0.25, 0.3) is 0 Å². The van der Waals surface area contributed by atoms with Crippen LogP contribution in [0.15, 0.2) is 63.8 Å². The SMILES string of the molecule is C=C1CC(Cc2ccc(OC)cc2)=C(C)N=C(CC[P+](=C)C)/C1=C(/C)C(C)C. The predicted molar refractivity (Wildman–Crippen MR) is 128 cm³/mol. The lowest BCUT2D eigenvalue weighted by Crippen LogP contribution is -2.10. The minimum atomic E-state index is -0.183. The van der Waals surface area contributed by atoms with Crippen molar-refractivity contribution in [3.05, 3.63) is 64.4 Å². The van der Waals surface area contributed by atoms with Crippen LogP contribution in [0, 0.1) is 5.92 Å². The van der Waals surface area contributed by atoms with Gasteiger partial charge in [-0.1, -0.05) is 38.1 Å². The number of methoxy groups -OCH3 is 1. The molecule has 0 bridgehead atoms. The number of nitrogens with zero attached hydrogens (tertiary/aromatic N) is 1. The first-order chi connectivity index (χ1) is 13.2. The molecule has 0 spiro atoms. The lowest BCUT2D eigenvalue weighted by Gasteiger charge is -2.18. The van der Waals surface area contributed by atoms with Gasteiger partial charge >= 0.3 is 0 Å². The maximum absolute atomic E-state index is 5.28. The largest absolute Gasteiger partial charge is 0.497 e. The summed E-state index contributed by atoms with van der Waals surface area (Å²) in [6.45, 7) is 15.6. The number of rotatable bonds is 7. The summed E-state index contributed by atoms with van der Waals surface area (Å²) in [5.74, 6) is 1.38. The molecule has 3 heteroatoms. The zero-order valence-corrected chi connectivity index (χ0v) is 19.3. The molecule has 0 fully saturated rings. The second-order valence-corrected chi connectivity index (χ2v) is 10.3. The third kappa shape index (κ3) is 5.79. The van der Waals surface area contributed by atoms with Crippen molar-refractivity contribution in [1.29, 1.82) is 0 Å². The second kappa shape index (κ2) is 10.0. The number of hydrogen-bond donors (Lipinski definition) is 0. The highest BCUT2D eigenvalue weighted by Crippen LogP contribution is 2.34. The molecule has 0 saturated heterocycles. The van der Waals surface area contributed by atoms with Crippen LogP contribution in [0.5, 0.6) is 5.75 Å². The lowest BCUT2D eigenvalue weighted by molar-refractivity contribution is 0.414. The Morgan fingerprint density at radius 1 is 1.25 bits per heavy atom. The summed E-state index contributed by atoms with van der Waals surface area (Å²) >= 11 is 0. The van der Waals surface area contributed by atoms with E-state index in [0.717, 1.165) is 36.9 Å². The molecule has 0 amide bonds. The molecule has 0 aromatic heterocycles. The third-order valence-corrected chi connectivity index (χ3v) is 6.44. The minimum Gasteiger partial charge on any atom is -0.497 e. The van der Waals surface area contributed by atoms with Gasteiger partial charge in [0.1, 0.15) is 11.9 Å². The lowest BCUT2D eigenvalue weighted by atomic mass is 9.87. The Kier molecular flexibility index (Phi) is 8.01. The van der Waals surface area contributed by atoms with Gasteiger partial charge in [0.15, 0.2) is 0 Å². The highest BCUT2D eigenvalue weighted by Gasteiger charge is 2.22. The molecule has 1 aromatic rings. The Labute approximate surface area is 172 Å². The molecule has 0 N–H and O–H groups in total. The fraction of sp³-hybridized carbons (Fsp3) is 0.440. The van der Waals surface area contributed by atoms with Gasteiger partial charge in [-0.15, -0.1) is 0 Å². The molecule has 0 saturated carbocycles. The average Bonchev–Trinajstić information content (AvgIpc) is 2.76. The first kappa shape index (κ1) is 22.4. The Hall–Kier alpha value is -1.92. The van der Waals surface area contributed by atoms with Crippen molar-refractivity contribution in [2.24, 2.45) is 10.9 Å². The van der Waals surface area contributed by atoms with Crippen LogP contribution in [0.3, 0.4) is 0 Å². The van der Waals surface area contributed by atoms with E-state index >= 15 is 0 Å². The van der Waals surface area contributed by atoms with E-state index in [0.29, 0.717) is 5.92 Å². The summed E-state index contributed by atoms with van der Waals surface area (Å²) in [5.41, 5.74) is 8.88. The predicted octanol–water partition coefficient (Wildman–Crippen LogP) is 6.82. The highest BCUT2D eigenvalue weighted by molar-refractivity contribution is 7.54. The molecule has 0 radical (unpaired) electrons. The van der Waals surface area contributed by atoms with Crippen molar-refractivity contribution in [1.82, 2.24) is 0 Å². The number of allylic oxidation sites excluding steroid dienone is 5. The molecule has 150 valence electrons. The summed E-state index contributed by atoms with van der Waals surface area (Å²) < 4.78 is 5.28. The van der Waals surface area contributed by atoms with E-state index in [1.807, 2.05) is 12.1 Å². The summed E-state index contributed by atoms with van der Waals surface area (Å²) in [6.07, 6.45) is 8.10. The van der Waals surface area contributed by atoms with E-state index in [1.54, 1.807) is 7.11 Å². The van der Waals surface area contributed by atoms with Gasteiger partial charge < -0.3 is 4.74 Å². The first-order valence-corrected chi connectivity index (χ1v) is 12.2. The summed E-state index contributed by atoms with van der Waals surface area (Å²) in [6, 6.07) is 8.33. The van der Waals surface area contributed by atoms with Gasteiger partial charge in [0.25, 0.3) is 0 Å². The van der Waals surface area contributed by atoms with Crippen LogP contribution < -0.4 is 4.74 Å². The maximum Gasteiger partial charge on any atom is 0.118 e. The van der Waals surface area contributed by atoms with Crippen LogP contribution in [0.2, 0.25) is 0 Å². The number of aliphatic imine (C=N–C) groups is 1. The zero-order chi connectivity index (χ0) is 20.8. The Balaban J connectivity index is 2.41. The summed E-state index contributed by atoms with van der Waals surface area (Å²) in [4.78, 5) is 5.13. The molecule has 1 aliphatic heterocycles. The van der Waals surface area contributed by atoms with E-state index in [-0.39, 0.29) is 7.55 Å². The molecular formula is C25H35NOP+. The fourth-order valence-corrected chi connectivity index (χ4v) is 4.06. The Morgan fingerprint density at radius 2 is 1.89 bits per heavy atom. The van der Waals surface area contributed by atoms with Gasteiger partial charge in [-0.3, -0.25) is 4.99 Å². The van der Waals surface area contributed by atoms with Crippen molar-refractivity contribution in [2.75, 3.05) is 19.9 Å². The third-order valence-electron chi connectivity index (χ3n) is 5.45. The van der Waals surface area contributed by atoms with Gasteiger partial charge in [-0.25, -0.2) is 0 Å². The van der Waals surface area contributed by atoms with Crippen molar-refractivity contribution < 1.29 is 4.74 Å². The van der Waals surface area contributed by atoms with Crippen molar-refractivity contribution in [3.63, 3.8) is 0 Å². The molecule has 0 aliphatic carbocycles. The topological polar surface area (TPSA) is 21.6 Å². The van der Waals surface area contributed by atoms with E-state index in [4.69, 9.17) is 9.73 Å². The normalized spacial score (nSPS) is 17.5. The molecule has 1 aromatic carbocycles. The fourth-order valence-electron chi connectivity index (χ4n) is 3.47. The average molecular weight is 397 g/mol. The van der Waals surface area contributed by atoms with Crippen molar-refractivity contribution in [3.8, 4) is 5.75 Å². The van der Waals surface area contributed by atoms with E-state index < -0.39 is 0 Å². The molecular weight excluding hydrogens is 361 g/mol. The summed E-state index contributed by atoms with van der Waals surface area (Å²) in [7, 11) is 1.52. The van der Waals surface area contributed by atoms with E-state index in [2.05, 4.69) is 59.4 Å². The van der Waals surface area contributed by atoms with E-state index in [1.165, 1.54) is 33.6 Å². The van der Waals surface area contributed by atoms with E-state index in [9.17, 15) is 0 Å². The minimum absolute atomic E-state index is 0.183. The molecule has 28 heavy (non-hydrogen) atoms. The monoisotopic (exact) mass is 396 g/mol. The Bertz CT molecular complexity index is 838. The molecule has 1 heterocycles. The van der Waals surface area contributed by atoms with Gasteiger partial charge in [-0.2, -0.15) is 0 Å². The van der Waals surface area contributed by atoms with Crippen LogP contribution in [0.1, 0.15) is 46.1 Å². The quantitative estimate of drug-likeness (QED) is 0.463. The van der Waals surface area contributed by atoms with Gasteiger partial charge in [0, 0.05) is 12.1 Å². The maximum atomic E-state index is 5.28. The Morgan fingerprint density at radius 3 is 2.43 bits per heavy atom. The first-order valence-electron chi connectivity index (χ1n) is 10.0. The molecule has 2 rings (SSSR count). The molecule has 1 unspecified atom stereocenters. The van der Waals surface area contributed by atoms with Crippen LogP contribution in [-0.4, -0.2) is 31.9 Å². The van der Waals surface area contributed by atoms with Gasteiger partial charge in [-0.05, 0) is 67.0 Å². The van der Waals surface area contributed by atoms with Crippen LogP contribution in [0.4, 0.5) is 0 Å². The molecule has 1 aliphatic rings. The highest BCUT2D eigenvalue weighted by atomic mass is 31.1. The van der Waals surface area contributed by atoms with Gasteiger partial charge in [0.05, 0.1) is 33.3 Å². The van der Waals surface area contributed by atoms with Gasteiger partial charge in [0.2, 0.25) is 0 Å². The second-order valence-electron chi connectivity index (χ2n) is 8.10. The smallest absolute Gasteiger partial charge is 0.118 e.